The molecule has 0 saturated carbocycles. The molecule has 1 N–H and O–H groups in total. The van der Waals surface area contributed by atoms with Crippen LogP contribution in [0.2, 0.25) is 5.02 Å². The van der Waals surface area contributed by atoms with E-state index in [-0.39, 0.29) is 0 Å². The third kappa shape index (κ3) is 3.61. The molecule has 0 saturated heterocycles. The van der Waals surface area contributed by atoms with Gasteiger partial charge in [-0.2, -0.15) is 0 Å². The molecule has 0 spiro atoms. The van der Waals surface area contributed by atoms with Gasteiger partial charge in [0.05, 0.1) is 17.6 Å². The standard InChI is InChI=1S/C14H15BrClN3/c1-19(2)14-5-6-17-9-13(14)18-8-10-3-4-11(15)7-12(10)16/h3-7,9,18H,8H2,1-2H3. The number of anilines is 2. The lowest BCUT2D eigenvalue weighted by Crippen LogP contribution is -2.12. The molecular weight excluding hydrogens is 326 g/mol. The van der Waals surface area contributed by atoms with Crippen molar-refractivity contribution >= 4 is 38.9 Å². The summed E-state index contributed by atoms with van der Waals surface area (Å²) in [7, 11) is 4.01. The van der Waals surface area contributed by atoms with E-state index in [0.717, 1.165) is 26.4 Å². The predicted molar refractivity (Wildman–Crippen MR) is 85.0 cm³/mol. The van der Waals surface area contributed by atoms with E-state index >= 15 is 0 Å². The average molecular weight is 341 g/mol. The Hall–Kier alpha value is -1.26. The summed E-state index contributed by atoms with van der Waals surface area (Å²) in [5, 5.41) is 4.11. The number of hydrogen-bond donors (Lipinski definition) is 1. The van der Waals surface area contributed by atoms with Gasteiger partial charge in [0.1, 0.15) is 0 Å². The number of rotatable bonds is 4. The maximum Gasteiger partial charge on any atom is 0.0766 e. The van der Waals surface area contributed by atoms with Crippen molar-refractivity contribution in [3.05, 3.63) is 51.7 Å². The highest BCUT2D eigenvalue weighted by Crippen LogP contribution is 2.25. The Morgan fingerprint density at radius 1 is 1.32 bits per heavy atom. The second-order valence-corrected chi connectivity index (χ2v) is 5.70. The summed E-state index contributed by atoms with van der Waals surface area (Å²) in [5.74, 6) is 0. The molecule has 2 rings (SSSR count). The minimum atomic E-state index is 0.665. The molecule has 0 amide bonds. The zero-order chi connectivity index (χ0) is 13.8. The van der Waals surface area contributed by atoms with Crippen molar-refractivity contribution in [2.24, 2.45) is 0 Å². The summed E-state index contributed by atoms with van der Waals surface area (Å²) in [6, 6.07) is 7.87. The predicted octanol–water partition coefficient (Wildman–Crippen LogP) is 4.18. The number of hydrogen-bond acceptors (Lipinski definition) is 3. The van der Waals surface area contributed by atoms with Crippen LogP contribution in [-0.4, -0.2) is 19.1 Å². The zero-order valence-electron chi connectivity index (χ0n) is 10.8. The topological polar surface area (TPSA) is 28.2 Å². The fourth-order valence-electron chi connectivity index (χ4n) is 1.77. The van der Waals surface area contributed by atoms with E-state index in [0.29, 0.717) is 6.54 Å². The Kier molecular flexibility index (Phi) is 4.66. The maximum atomic E-state index is 6.20. The van der Waals surface area contributed by atoms with E-state index in [2.05, 4.69) is 26.2 Å². The molecule has 1 aromatic carbocycles. The molecule has 19 heavy (non-hydrogen) atoms. The second-order valence-electron chi connectivity index (χ2n) is 4.38. The lowest BCUT2D eigenvalue weighted by atomic mass is 10.2. The van der Waals surface area contributed by atoms with Gasteiger partial charge in [-0.15, -0.1) is 0 Å². The molecule has 1 heterocycles. The van der Waals surface area contributed by atoms with Crippen molar-refractivity contribution in [3.63, 3.8) is 0 Å². The van der Waals surface area contributed by atoms with Crippen LogP contribution in [-0.2, 0) is 6.54 Å². The SMILES string of the molecule is CN(C)c1ccncc1NCc1ccc(Br)cc1Cl. The van der Waals surface area contributed by atoms with Gasteiger partial charge in [-0.3, -0.25) is 4.98 Å². The van der Waals surface area contributed by atoms with Crippen LogP contribution in [0.1, 0.15) is 5.56 Å². The molecule has 0 atom stereocenters. The number of nitrogens with one attached hydrogen (secondary N) is 1. The summed E-state index contributed by atoms with van der Waals surface area (Å²) >= 11 is 9.60. The molecule has 100 valence electrons. The molecule has 0 fully saturated rings. The molecule has 3 nitrogen and oxygen atoms in total. The van der Waals surface area contributed by atoms with Crippen LogP contribution in [0.4, 0.5) is 11.4 Å². The molecular formula is C14H15BrClN3. The Bertz CT molecular complexity index is 572. The van der Waals surface area contributed by atoms with Gasteiger partial charge in [0.2, 0.25) is 0 Å². The van der Waals surface area contributed by atoms with Crippen LogP contribution in [0.3, 0.4) is 0 Å². The van der Waals surface area contributed by atoms with Crippen LogP contribution in [0.5, 0.6) is 0 Å². The van der Waals surface area contributed by atoms with Crippen molar-refractivity contribution in [3.8, 4) is 0 Å². The highest BCUT2D eigenvalue weighted by Gasteiger charge is 2.05. The first-order chi connectivity index (χ1) is 9.08. The first-order valence-electron chi connectivity index (χ1n) is 5.87. The molecule has 5 heteroatoms. The van der Waals surface area contributed by atoms with Crippen molar-refractivity contribution in [2.75, 3.05) is 24.3 Å². The summed E-state index contributed by atoms with van der Waals surface area (Å²) < 4.78 is 0.983. The first-order valence-corrected chi connectivity index (χ1v) is 7.04. The zero-order valence-corrected chi connectivity index (χ0v) is 13.2. The molecule has 2 aromatic rings. The first kappa shape index (κ1) is 14.2. The summed E-state index contributed by atoms with van der Waals surface area (Å²) in [4.78, 5) is 6.20. The smallest absolute Gasteiger partial charge is 0.0766 e. The maximum absolute atomic E-state index is 6.20. The summed E-state index contributed by atoms with van der Waals surface area (Å²) in [6.45, 7) is 0.665. The van der Waals surface area contributed by atoms with E-state index in [1.54, 1.807) is 6.20 Å². The third-order valence-corrected chi connectivity index (χ3v) is 3.61. The van der Waals surface area contributed by atoms with Crippen molar-refractivity contribution in [1.82, 2.24) is 4.98 Å². The lowest BCUT2D eigenvalue weighted by Gasteiger charge is -2.18. The quantitative estimate of drug-likeness (QED) is 0.905. The minimum Gasteiger partial charge on any atom is -0.378 e. The lowest BCUT2D eigenvalue weighted by molar-refractivity contribution is 1.09. The van der Waals surface area contributed by atoms with Gasteiger partial charge >= 0.3 is 0 Å². The van der Waals surface area contributed by atoms with Gasteiger partial charge < -0.3 is 10.2 Å². The summed E-state index contributed by atoms with van der Waals surface area (Å²) in [6.07, 6.45) is 3.61. The second kappa shape index (κ2) is 6.26. The fourth-order valence-corrected chi connectivity index (χ4v) is 2.51. The van der Waals surface area contributed by atoms with Crippen LogP contribution in [0.15, 0.2) is 41.1 Å². The Balaban J connectivity index is 2.14. The van der Waals surface area contributed by atoms with Gasteiger partial charge in [-0.1, -0.05) is 33.6 Å². The number of pyridine rings is 1. The number of nitrogens with zero attached hydrogens (tertiary/aromatic N) is 2. The molecule has 0 bridgehead atoms. The normalized spacial score (nSPS) is 10.3. The van der Waals surface area contributed by atoms with E-state index < -0.39 is 0 Å². The highest BCUT2D eigenvalue weighted by molar-refractivity contribution is 9.10. The summed E-state index contributed by atoms with van der Waals surface area (Å²) in [5.41, 5.74) is 3.15. The largest absolute Gasteiger partial charge is 0.378 e. The molecule has 0 radical (unpaired) electrons. The van der Waals surface area contributed by atoms with Crippen LogP contribution in [0, 0.1) is 0 Å². The van der Waals surface area contributed by atoms with E-state index in [1.165, 1.54) is 0 Å². The van der Waals surface area contributed by atoms with Gasteiger partial charge in [-0.25, -0.2) is 0 Å². The Labute approximate surface area is 126 Å². The average Bonchev–Trinajstić information content (AvgIpc) is 2.38. The van der Waals surface area contributed by atoms with Gasteiger partial charge in [0.15, 0.2) is 0 Å². The van der Waals surface area contributed by atoms with E-state index in [9.17, 15) is 0 Å². The van der Waals surface area contributed by atoms with Crippen molar-refractivity contribution in [2.45, 2.75) is 6.54 Å². The van der Waals surface area contributed by atoms with Crippen LogP contribution < -0.4 is 10.2 Å². The van der Waals surface area contributed by atoms with Crippen LogP contribution in [0.25, 0.3) is 0 Å². The molecule has 0 aliphatic heterocycles. The Morgan fingerprint density at radius 3 is 2.79 bits per heavy atom. The van der Waals surface area contributed by atoms with Crippen molar-refractivity contribution in [1.29, 1.82) is 0 Å². The molecule has 1 aromatic heterocycles. The number of benzene rings is 1. The Morgan fingerprint density at radius 2 is 2.11 bits per heavy atom. The van der Waals surface area contributed by atoms with Gasteiger partial charge in [0.25, 0.3) is 0 Å². The third-order valence-electron chi connectivity index (χ3n) is 2.76. The number of aromatic nitrogens is 1. The van der Waals surface area contributed by atoms with Gasteiger partial charge in [-0.05, 0) is 23.8 Å². The molecule has 0 aliphatic carbocycles. The van der Waals surface area contributed by atoms with Crippen molar-refractivity contribution < 1.29 is 0 Å². The van der Waals surface area contributed by atoms with Gasteiger partial charge in [0, 0.05) is 36.3 Å². The highest BCUT2D eigenvalue weighted by atomic mass is 79.9. The fraction of sp³-hybridized carbons (Fsp3) is 0.214. The molecule has 0 unspecified atom stereocenters. The monoisotopic (exact) mass is 339 g/mol. The molecule has 0 aliphatic rings. The van der Waals surface area contributed by atoms with Crippen LogP contribution >= 0.6 is 27.5 Å². The number of halogens is 2. The van der Waals surface area contributed by atoms with E-state index in [4.69, 9.17) is 11.6 Å². The minimum absolute atomic E-state index is 0.665. The van der Waals surface area contributed by atoms with E-state index in [1.807, 2.05) is 49.5 Å².